The highest BCUT2D eigenvalue weighted by atomic mass is 32.1. The Morgan fingerprint density at radius 1 is 0.429 bits per heavy atom. The third-order valence-corrected chi connectivity index (χ3v) is 10.9. The molecule has 3 heterocycles. The molecule has 262 valence electrons. The van der Waals surface area contributed by atoms with Crippen LogP contribution < -0.4 is 0 Å². The second kappa shape index (κ2) is 13.3. The summed E-state index contributed by atoms with van der Waals surface area (Å²) in [5, 5.41) is 1.79. The second-order valence-corrected chi connectivity index (χ2v) is 14.2. The van der Waals surface area contributed by atoms with Crippen molar-refractivity contribution in [1.82, 2.24) is 19.5 Å². The number of fused-ring (bicyclic) bond motifs is 6. The standard InChI is InChI=1S/C51H32N4S/c1-4-15-33(16-5-1)36-27-29-39-38-21-10-12-24-43(38)55(45(39)32-36)44-30-28-37(31-42(44)34-17-6-2-7-18-34)50-52-49(35-19-8-3-9-20-35)53-51(54-50)41-23-14-26-47-48(41)40-22-11-13-25-46(40)56-47/h1-32H/i2D,6D,7D,10D,12D,17D,18D,21D,24D,27D,29D,32D. The Hall–Kier alpha value is -7.21. The van der Waals surface area contributed by atoms with E-state index in [0.717, 1.165) is 25.7 Å². The number of rotatable bonds is 6. The van der Waals surface area contributed by atoms with Gasteiger partial charge in [0.25, 0.3) is 0 Å². The smallest absolute Gasteiger partial charge is 0.164 e. The maximum Gasteiger partial charge on any atom is 0.164 e. The van der Waals surface area contributed by atoms with Crippen LogP contribution in [-0.2, 0) is 0 Å². The topological polar surface area (TPSA) is 43.6 Å². The highest BCUT2D eigenvalue weighted by molar-refractivity contribution is 7.25. The van der Waals surface area contributed by atoms with E-state index in [-0.39, 0.29) is 68.1 Å². The number of para-hydroxylation sites is 1. The van der Waals surface area contributed by atoms with Crippen molar-refractivity contribution in [3.8, 4) is 62.1 Å². The zero-order chi connectivity index (χ0) is 47.4. The SMILES string of the molecule is [2H]c1c([2H])c([2H])c(-c2cc(-c3nc(-c4ccccc4)nc(-c4cccc5sc6ccccc6c45)n3)ccc2-n2c3c([2H])c([2H])c([2H])c([2H])c3c3c([2H])c([2H])c(-c4ccccc4)c([2H])c32)c([2H])c1[2H]. The lowest BCUT2D eigenvalue weighted by atomic mass is 9.99. The monoisotopic (exact) mass is 744 g/mol. The van der Waals surface area contributed by atoms with E-state index in [1.807, 2.05) is 60.7 Å². The lowest BCUT2D eigenvalue weighted by Gasteiger charge is -2.16. The van der Waals surface area contributed by atoms with Crippen molar-refractivity contribution in [3.63, 3.8) is 0 Å². The van der Waals surface area contributed by atoms with Crippen LogP contribution in [0.1, 0.15) is 16.4 Å². The Balaban J connectivity index is 1.28. The van der Waals surface area contributed by atoms with E-state index in [0.29, 0.717) is 28.3 Å². The molecule has 0 saturated heterocycles. The van der Waals surface area contributed by atoms with Crippen LogP contribution in [0.25, 0.3) is 104 Å². The van der Waals surface area contributed by atoms with Crippen molar-refractivity contribution in [2.24, 2.45) is 0 Å². The molecule has 0 spiro atoms. The summed E-state index contributed by atoms with van der Waals surface area (Å²) >= 11 is 1.65. The van der Waals surface area contributed by atoms with Gasteiger partial charge in [0.05, 0.1) is 33.2 Å². The molecule has 0 saturated carbocycles. The fraction of sp³-hybridized carbons (Fsp3) is 0. The summed E-state index contributed by atoms with van der Waals surface area (Å²) in [6.45, 7) is 0. The van der Waals surface area contributed by atoms with Crippen LogP contribution in [0.5, 0.6) is 0 Å². The summed E-state index contributed by atoms with van der Waals surface area (Å²) in [5.41, 5.74) is 1.96. The molecule has 0 aliphatic carbocycles. The van der Waals surface area contributed by atoms with Crippen LogP contribution in [0.2, 0.25) is 0 Å². The third-order valence-electron chi connectivity index (χ3n) is 9.80. The molecule has 0 unspecified atom stereocenters. The van der Waals surface area contributed by atoms with Crippen molar-refractivity contribution in [1.29, 1.82) is 0 Å². The number of hydrogen-bond acceptors (Lipinski definition) is 4. The van der Waals surface area contributed by atoms with Crippen LogP contribution in [0.3, 0.4) is 0 Å². The molecule has 11 aromatic rings. The summed E-state index contributed by atoms with van der Waals surface area (Å²) in [5.74, 6) is 0.876. The molecule has 0 aliphatic heterocycles. The summed E-state index contributed by atoms with van der Waals surface area (Å²) in [6, 6.07) is 30.7. The number of nitrogens with zero attached hydrogens (tertiary/aromatic N) is 4. The van der Waals surface area contributed by atoms with Gasteiger partial charge in [0.15, 0.2) is 17.5 Å². The van der Waals surface area contributed by atoms with Gasteiger partial charge in [-0.15, -0.1) is 11.3 Å². The molecular weight excluding hydrogens is 701 g/mol. The van der Waals surface area contributed by atoms with E-state index in [4.69, 9.17) is 23.2 Å². The average Bonchev–Trinajstić information content (AvgIpc) is 3.93. The first-order chi connectivity index (χ1) is 32.8. The number of aromatic nitrogens is 4. The third kappa shape index (κ3) is 5.40. The Morgan fingerprint density at radius 3 is 1.95 bits per heavy atom. The molecule has 0 atom stereocenters. The number of thiophene rings is 1. The average molecular weight is 745 g/mol. The molecule has 11 rings (SSSR count). The molecule has 3 aromatic heterocycles. The van der Waals surface area contributed by atoms with Gasteiger partial charge in [-0.05, 0) is 59.1 Å². The van der Waals surface area contributed by atoms with E-state index in [9.17, 15) is 8.22 Å². The lowest BCUT2D eigenvalue weighted by molar-refractivity contribution is 1.08. The Bertz CT molecular complexity index is 3920. The van der Waals surface area contributed by atoms with E-state index >= 15 is 0 Å². The summed E-state index contributed by atoms with van der Waals surface area (Å²) < 4.78 is 112. The molecule has 0 N–H and O–H groups in total. The van der Waals surface area contributed by atoms with Crippen LogP contribution in [0, 0.1) is 0 Å². The zero-order valence-corrected chi connectivity index (χ0v) is 30.1. The van der Waals surface area contributed by atoms with Gasteiger partial charge in [-0.1, -0.05) is 151 Å². The van der Waals surface area contributed by atoms with Crippen molar-refractivity contribution < 1.29 is 16.4 Å². The Morgan fingerprint density at radius 2 is 1.11 bits per heavy atom. The zero-order valence-electron chi connectivity index (χ0n) is 41.2. The largest absolute Gasteiger partial charge is 0.309 e. The molecule has 0 fully saturated rings. The van der Waals surface area contributed by atoms with Crippen LogP contribution in [0.15, 0.2) is 194 Å². The highest BCUT2D eigenvalue weighted by Gasteiger charge is 2.20. The van der Waals surface area contributed by atoms with E-state index in [1.165, 1.54) is 4.57 Å². The summed E-state index contributed by atoms with van der Waals surface area (Å²) in [7, 11) is 0. The van der Waals surface area contributed by atoms with Crippen molar-refractivity contribution in [2.75, 3.05) is 0 Å². The quantitative estimate of drug-likeness (QED) is 0.170. The van der Waals surface area contributed by atoms with E-state index in [2.05, 4.69) is 12.1 Å². The first-order valence-electron chi connectivity index (χ1n) is 23.8. The molecule has 8 aromatic carbocycles. The maximum atomic E-state index is 9.80. The minimum absolute atomic E-state index is 0.0157. The molecule has 0 radical (unpaired) electrons. The second-order valence-electron chi connectivity index (χ2n) is 13.1. The van der Waals surface area contributed by atoms with Crippen LogP contribution in [0.4, 0.5) is 0 Å². The van der Waals surface area contributed by atoms with Crippen LogP contribution >= 0.6 is 11.3 Å². The Labute approximate surface area is 344 Å². The van der Waals surface area contributed by atoms with E-state index in [1.54, 1.807) is 59.9 Å². The molecule has 5 heteroatoms. The lowest BCUT2D eigenvalue weighted by Crippen LogP contribution is -2.02. The van der Waals surface area contributed by atoms with E-state index < -0.39 is 54.4 Å². The van der Waals surface area contributed by atoms with Gasteiger partial charge in [0.2, 0.25) is 0 Å². The minimum atomic E-state index is -0.625. The fourth-order valence-corrected chi connectivity index (χ4v) is 8.39. The normalized spacial score (nSPS) is 14.6. The highest BCUT2D eigenvalue weighted by Crippen LogP contribution is 2.42. The van der Waals surface area contributed by atoms with Gasteiger partial charge in [-0.3, -0.25) is 0 Å². The molecule has 0 bridgehead atoms. The first-order valence-corrected chi connectivity index (χ1v) is 18.6. The number of hydrogen-bond donors (Lipinski definition) is 0. The van der Waals surface area contributed by atoms with Crippen molar-refractivity contribution in [2.45, 2.75) is 0 Å². The maximum absolute atomic E-state index is 9.80. The molecule has 0 aliphatic rings. The number of benzene rings is 8. The fourth-order valence-electron chi connectivity index (χ4n) is 7.26. The molecular formula is C51H32N4S. The van der Waals surface area contributed by atoms with Gasteiger partial charge in [-0.2, -0.15) is 0 Å². The van der Waals surface area contributed by atoms with Gasteiger partial charge >= 0.3 is 0 Å². The van der Waals surface area contributed by atoms with Crippen molar-refractivity contribution in [3.05, 3.63) is 194 Å². The van der Waals surface area contributed by atoms with Gasteiger partial charge < -0.3 is 4.57 Å². The Kier molecular flexibility index (Phi) is 5.27. The van der Waals surface area contributed by atoms with Crippen molar-refractivity contribution >= 4 is 53.3 Å². The molecule has 4 nitrogen and oxygen atoms in total. The predicted molar refractivity (Wildman–Crippen MR) is 234 cm³/mol. The summed E-state index contributed by atoms with van der Waals surface area (Å²) in [6.07, 6.45) is 0. The predicted octanol–water partition coefficient (Wildman–Crippen LogP) is 13.7. The molecule has 0 amide bonds. The van der Waals surface area contributed by atoms with Gasteiger partial charge in [0.1, 0.15) is 0 Å². The first kappa shape index (κ1) is 22.2. The van der Waals surface area contributed by atoms with Gasteiger partial charge in [-0.25, -0.2) is 15.0 Å². The summed E-state index contributed by atoms with van der Waals surface area (Å²) in [4.78, 5) is 15.1. The van der Waals surface area contributed by atoms with Crippen LogP contribution in [-0.4, -0.2) is 19.5 Å². The molecule has 56 heavy (non-hydrogen) atoms. The van der Waals surface area contributed by atoms with Gasteiger partial charge in [0, 0.05) is 53.2 Å². The minimum Gasteiger partial charge on any atom is -0.309 e.